The number of hydrogen-bond donors (Lipinski definition) is 1. The number of carbonyl (C=O) groups excluding carboxylic acids is 1. The lowest BCUT2D eigenvalue weighted by Crippen LogP contribution is -2.14. The van der Waals surface area contributed by atoms with Crippen LogP contribution in [0.15, 0.2) is 22.0 Å². The third-order valence-electron chi connectivity index (χ3n) is 3.73. The standard InChI is InChI=1S/C16H15N5OS3/c1-9-10(2)24-7-12(9)14-19-20-16(21(14)3)25-8-13(22)18-15-11(6-17)4-5-23-15/h4-5,7H,8H2,1-3H3,(H,18,22). The topological polar surface area (TPSA) is 83.6 Å². The Morgan fingerprint density at radius 3 is 2.88 bits per heavy atom. The van der Waals surface area contributed by atoms with Crippen LogP contribution >= 0.6 is 34.4 Å². The number of nitrogens with zero attached hydrogens (tertiary/aromatic N) is 4. The van der Waals surface area contributed by atoms with Crippen LogP contribution in [0.3, 0.4) is 0 Å². The number of rotatable bonds is 5. The van der Waals surface area contributed by atoms with Gasteiger partial charge in [-0.3, -0.25) is 4.79 Å². The number of aromatic nitrogens is 3. The fourth-order valence-electron chi connectivity index (χ4n) is 2.20. The lowest BCUT2D eigenvalue weighted by atomic mass is 10.2. The molecule has 0 aliphatic rings. The van der Waals surface area contributed by atoms with Gasteiger partial charge in [-0.2, -0.15) is 5.26 Å². The van der Waals surface area contributed by atoms with Crippen LogP contribution in [-0.4, -0.2) is 26.4 Å². The molecule has 1 amide bonds. The van der Waals surface area contributed by atoms with E-state index in [0.29, 0.717) is 15.7 Å². The maximum atomic E-state index is 12.1. The summed E-state index contributed by atoms with van der Waals surface area (Å²) in [6.45, 7) is 4.16. The molecule has 0 unspecified atom stereocenters. The van der Waals surface area contributed by atoms with Crippen molar-refractivity contribution in [1.82, 2.24) is 14.8 Å². The molecular formula is C16H15N5OS3. The first-order valence-corrected chi connectivity index (χ1v) is 10.1. The van der Waals surface area contributed by atoms with Gasteiger partial charge in [0.25, 0.3) is 0 Å². The van der Waals surface area contributed by atoms with E-state index in [1.54, 1.807) is 22.8 Å². The molecule has 0 fully saturated rings. The Kier molecular flexibility index (Phi) is 5.22. The van der Waals surface area contributed by atoms with E-state index in [4.69, 9.17) is 5.26 Å². The van der Waals surface area contributed by atoms with Crippen LogP contribution in [-0.2, 0) is 11.8 Å². The zero-order valence-corrected chi connectivity index (χ0v) is 16.3. The molecule has 3 heterocycles. The highest BCUT2D eigenvalue weighted by atomic mass is 32.2. The molecule has 128 valence electrons. The summed E-state index contributed by atoms with van der Waals surface area (Å²) in [4.78, 5) is 13.4. The largest absolute Gasteiger partial charge is 0.316 e. The van der Waals surface area contributed by atoms with Crippen molar-refractivity contribution in [2.24, 2.45) is 7.05 Å². The summed E-state index contributed by atoms with van der Waals surface area (Å²) in [5, 5.41) is 25.3. The van der Waals surface area contributed by atoms with Crippen molar-refractivity contribution in [1.29, 1.82) is 5.26 Å². The monoisotopic (exact) mass is 389 g/mol. The molecule has 3 aromatic heterocycles. The molecule has 0 saturated carbocycles. The van der Waals surface area contributed by atoms with Gasteiger partial charge >= 0.3 is 0 Å². The van der Waals surface area contributed by atoms with Crippen LogP contribution in [0.5, 0.6) is 0 Å². The Labute approximate surface area is 157 Å². The Bertz CT molecular complexity index is 963. The number of aryl methyl sites for hydroxylation is 1. The van der Waals surface area contributed by atoms with Crippen LogP contribution in [0, 0.1) is 25.2 Å². The molecule has 0 saturated heterocycles. The Balaban J connectivity index is 1.67. The Hall–Kier alpha value is -2.15. The SMILES string of the molecule is Cc1scc(-c2nnc(SCC(=O)Nc3sccc3C#N)n2C)c1C. The van der Waals surface area contributed by atoms with E-state index >= 15 is 0 Å². The van der Waals surface area contributed by atoms with E-state index < -0.39 is 0 Å². The second-order valence-electron chi connectivity index (χ2n) is 5.31. The van der Waals surface area contributed by atoms with Crippen LogP contribution in [0.4, 0.5) is 5.00 Å². The summed E-state index contributed by atoms with van der Waals surface area (Å²) in [6.07, 6.45) is 0. The van der Waals surface area contributed by atoms with Crippen LogP contribution in [0.2, 0.25) is 0 Å². The van der Waals surface area contributed by atoms with Gasteiger partial charge in [0.15, 0.2) is 11.0 Å². The number of amides is 1. The fraction of sp³-hybridized carbons (Fsp3) is 0.250. The molecule has 0 radical (unpaired) electrons. The maximum absolute atomic E-state index is 12.1. The van der Waals surface area contributed by atoms with E-state index in [0.717, 1.165) is 11.4 Å². The third kappa shape index (κ3) is 3.61. The van der Waals surface area contributed by atoms with Gasteiger partial charge in [0.1, 0.15) is 11.1 Å². The lowest BCUT2D eigenvalue weighted by Gasteiger charge is -2.05. The van der Waals surface area contributed by atoms with E-state index in [1.807, 2.05) is 11.6 Å². The smallest absolute Gasteiger partial charge is 0.235 e. The molecule has 0 aromatic carbocycles. The first-order valence-electron chi connectivity index (χ1n) is 7.36. The first kappa shape index (κ1) is 17.7. The molecule has 3 aromatic rings. The van der Waals surface area contributed by atoms with Crippen molar-refractivity contribution in [2.45, 2.75) is 19.0 Å². The molecule has 6 nitrogen and oxygen atoms in total. The summed E-state index contributed by atoms with van der Waals surface area (Å²) in [6, 6.07) is 3.74. The van der Waals surface area contributed by atoms with Crippen molar-refractivity contribution in [2.75, 3.05) is 11.1 Å². The Morgan fingerprint density at radius 2 is 2.20 bits per heavy atom. The highest BCUT2D eigenvalue weighted by Crippen LogP contribution is 2.31. The van der Waals surface area contributed by atoms with Gasteiger partial charge in [-0.25, -0.2) is 0 Å². The van der Waals surface area contributed by atoms with E-state index in [2.05, 4.69) is 40.8 Å². The minimum atomic E-state index is -0.170. The van der Waals surface area contributed by atoms with Gasteiger partial charge in [0.2, 0.25) is 5.91 Å². The number of anilines is 1. The summed E-state index contributed by atoms with van der Waals surface area (Å²) >= 11 is 4.35. The van der Waals surface area contributed by atoms with Gasteiger partial charge < -0.3 is 9.88 Å². The first-order chi connectivity index (χ1) is 12.0. The number of hydrogen-bond acceptors (Lipinski definition) is 7. The predicted octanol–water partition coefficient (Wildman–Crippen LogP) is 3.82. The third-order valence-corrected chi connectivity index (χ3v) is 6.60. The number of thioether (sulfide) groups is 1. The molecular weight excluding hydrogens is 374 g/mol. The summed E-state index contributed by atoms with van der Waals surface area (Å²) in [7, 11) is 1.90. The zero-order valence-electron chi connectivity index (χ0n) is 13.9. The van der Waals surface area contributed by atoms with Gasteiger partial charge in [0.05, 0.1) is 11.3 Å². The average Bonchev–Trinajstić information content (AvgIpc) is 3.27. The van der Waals surface area contributed by atoms with Gasteiger partial charge in [0, 0.05) is 22.9 Å². The molecule has 9 heteroatoms. The number of nitriles is 1. The number of nitrogens with one attached hydrogen (secondary N) is 1. The van der Waals surface area contributed by atoms with Crippen molar-refractivity contribution in [3.05, 3.63) is 32.8 Å². The molecule has 0 spiro atoms. The summed E-state index contributed by atoms with van der Waals surface area (Å²) in [5.74, 6) is 0.835. The molecule has 1 N–H and O–H groups in total. The molecule has 0 aliphatic heterocycles. The minimum Gasteiger partial charge on any atom is -0.316 e. The van der Waals surface area contributed by atoms with Crippen LogP contribution in [0.25, 0.3) is 11.4 Å². The van der Waals surface area contributed by atoms with Gasteiger partial charge in [-0.15, -0.1) is 32.9 Å². The normalized spacial score (nSPS) is 10.6. The van der Waals surface area contributed by atoms with Crippen LogP contribution < -0.4 is 5.32 Å². The average molecular weight is 390 g/mol. The molecule has 25 heavy (non-hydrogen) atoms. The fourth-order valence-corrected chi connectivity index (χ4v) is 4.52. The van der Waals surface area contributed by atoms with E-state index in [9.17, 15) is 4.79 Å². The van der Waals surface area contributed by atoms with Gasteiger partial charge in [-0.05, 0) is 30.9 Å². The van der Waals surface area contributed by atoms with Crippen molar-refractivity contribution < 1.29 is 4.79 Å². The quantitative estimate of drug-likeness (QED) is 0.671. The molecule has 3 rings (SSSR count). The van der Waals surface area contributed by atoms with Gasteiger partial charge in [-0.1, -0.05) is 11.8 Å². The maximum Gasteiger partial charge on any atom is 0.235 e. The van der Waals surface area contributed by atoms with E-state index in [1.165, 1.54) is 33.5 Å². The number of carbonyl (C=O) groups is 1. The van der Waals surface area contributed by atoms with Crippen molar-refractivity contribution >= 4 is 45.3 Å². The lowest BCUT2D eigenvalue weighted by molar-refractivity contribution is -0.113. The second-order valence-corrected chi connectivity index (χ2v) is 8.25. The molecule has 0 bridgehead atoms. The second kappa shape index (κ2) is 7.39. The van der Waals surface area contributed by atoms with Crippen molar-refractivity contribution in [3.63, 3.8) is 0 Å². The summed E-state index contributed by atoms with van der Waals surface area (Å²) in [5.41, 5.74) is 2.76. The van der Waals surface area contributed by atoms with Crippen molar-refractivity contribution in [3.8, 4) is 17.5 Å². The molecule has 0 atom stereocenters. The zero-order chi connectivity index (χ0) is 18.0. The predicted molar refractivity (Wildman–Crippen MR) is 102 cm³/mol. The highest BCUT2D eigenvalue weighted by Gasteiger charge is 2.16. The van der Waals surface area contributed by atoms with E-state index in [-0.39, 0.29) is 11.7 Å². The van der Waals surface area contributed by atoms with Crippen LogP contribution in [0.1, 0.15) is 16.0 Å². The summed E-state index contributed by atoms with van der Waals surface area (Å²) < 4.78 is 1.90. The highest BCUT2D eigenvalue weighted by molar-refractivity contribution is 7.99. The number of thiophene rings is 2. The minimum absolute atomic E-state index is 0.170. The molecule has 0 aliphatic carbocycles. The Morgan fingerprint density at radius 1 is 1.40 bits per heavy atom.